The van der Waals surface area contributed by atoms with Gasteiger partial charge < -0.3 is 10.3 Å². The molecule has 0 unspecified atom stereocenters. The minimum Gasteiger partial charge on any atom is -0.369 e. The van der Waals surface area contributed by atoms with E-state index in [1.54, 1.807) is 6.20 Å². The van der Waals surface area contributed by atoms with Gasteiger partial charge in [0.25, 0.3) is 0 Å². The summed E-state index contributed by atoms with van der Waals surface area (Å²) >= 11 is 9.31. The third kappa shape index (κ3) is 2.33. The normalized spacial score (nSPS) is 10.5. The maximum atomic E-state index is 5.86. The molecular weight excluding hydrogens is 277 g/mol. The number of nitrogens with two attached hydrogens (primary N) is 1. The zero-order valence-corrected chi connectivity index (χ0v) is 10.2. The van der Waals surface area contributed by atoms with Crippen LogP contribution in [-0.4, -0.2) is 9.55 Å². The number of halogens is 2. The van der Waals surface area contributed by atoms with Crippen LogP contribution in [0.5, 0.6) is 0 Å². The molecule has 0 amide bonds. The lowest BCUT2D eigenvalue weighted by atomic mass is 10.2. The van der Waals surface area contributed by atoms with Gasteiger partial charge in [-0.25, -0.2) is 4.98 Å². The minimum absolute atomic E-state index is 0.511. The fourth-order valence-corrected chi connectivity index (χ4v) is 2.12. The van der Waals surface area contributed by atoms with Crippen molar-refractivity contribution in [3.63, 3.8) is 0 Å². The quantitative estimate of drug-likeness (QED) is 0.922. The molecule has 3 nitrogen and oxygen atoms in total. The Hall–Kier alpha value is -1.000. The molecule has 2 aromatic rings. The number of nitrogen functional groups attached to an aromatic ring is 1. The molecule has 0 aliphatic rings. The van der Waals surface area contributed by atoms with E-state index in [4.69, 9.17) is 17.3 Å². The predicted octanol–water partition coefficient (Wildman–Crippen LogP) is 2.93. The first-order valence-electron chi connectivity index (χ1n) is 4.37. The lowest BCUT2D eigenvalue weighted by Gasteiger charge is -2.07. The standard InChI is InChI=1S/C10H9BrClN3/c11-9-5-8(12)2-1-7(9)6-15-4-3-14-10(15)13/h1-5H,6H2,(H2,13,14). The first-order valence-corrected chi connectivity index (χ1v) is 5.54. The molecule has 0 spiro atoms. The van der Waals surface area contributed by atoms with Crippen molar-refractivity contribution in [1.82, 2.24) is 9.55 Å². The summed E-state index contributed by atoms with van der Waals surface area (Å²) < 4.78 is 2.84. The second-order valence-electron chi connectivity index (χ2n) is 3.15. The molecule has 0 aliphatic carbocycles. The molecule has 15 heavy (non-hydrogen) atoms. The molecule has 0 fully saturated rings. The summed E-state index contributed by atoms with van der Waals surface area (Å²) in [6.07, 6.45) is 3.52. The highest BCUT2D eigenvalue weighted by atomic mass is 79.9. The summed E-state index contributed by atoms with van der Waals surface area (Å²) in [5.74, 6) is 0.511. The smallest absolute Gasteiger partial charge is 0.200 e. The summed E-state index contributed by atoms with van der Waals surface area (Å²) in [5, 5.41) is 0.712. The predicted molar refractivity (Wildman–Crippen MR) is 64.9 cm³/mol. The van der Waals surface area contributed by atoms with Gasteiger partial charge in [-0.05, 0) is 17.7 Å². The highest BCUT2D eigenvalue weighted by Gasteiger charge is 2.03. The van der Waals surface area contributed by atoms with E-state index in [1.807, 2.05) is 29.0 Å². The number of nitrogens with zero attached hydrogens (tertiary/aromatic N) is 2. The van der Waals surface area contributed by atoms with Crippen LogP contribution in [0.4, 0.5) is 5.95 Å². The zero-order valence-electron chi connectivity index (χ0n) is 7.82. The van der Waals surface area contributed by atoms with Gasteiger partial charge in [-0.3, -0.25) is 0 Å². The largest absolute Gasteiger partial charge is 0.369 e. The molecular formula is C10H9BrClN3. The van der Waals surface area contributed by atoms with Gasteiger partial charge >= 0.3 is 0 Å². The van der Waals surface area contributed by atoms with Crippen molar-refractivity contribution >= 4 is 33.5 Å². The molecule has 78 valence electrons. The minimum atomic E-state index is 0.511. The molecule has 2 N–H and O–H groups in total. The van der Waals surface area contributed by atoms with Crippen LogP contribution < -0.4 is 5.73 Å². The number of aromatic nitrogens is 2. The van der Waals surface area contributed by atoms with E-state index >= 15 is 0 Å². The first kappa shape index (κ1) is 10.5. The van der Waals surface area contributed by atoms with Crippen LogP contribution in [0.15, 0.2) is 35.1 Å². The number of hydrogen-bond acceptors (Lipinski definition) is 2. The van der Waals surface area contributed by atoms with Gasteiger partial charge in [0.1, 0.15) is 0 Å². The molecule has 0 saturated heterocycles. The molecule has 2 rings (SSSR count). The van der Waals surface area contributed by atoms with Crippen molar-refractivity contribution in [2.75, 3.05) is 5.73 Å². The molecule has 0 saturated carbocycles. The van der Waals surface area contributed by atoms with Crippen molar-refractivity contribution < 1.29 is 0 Å². The van der Waals surface area contributed by atoms with Gasteiger partial charge in [-0.2, -0.15) is 0 Å². The molecule has 0 bridgehead atoms. The first-order chi connectivity index (χ1) is 7.16. The van der Waals surface area contributed by atoms with Gasteiger partial charge in [0.05, 0.1) is 6.54 Å². The average molecular weight is 287 g/mol. The van der Waals surface area contributed by atoms with Crippen LogP contribution in [0.1, 0.15) is 5.56 Å². The van der Waals surface area contributed by atoms with Crippen LogP contribution >= 0.6 is 27.5 Å². The highest BCUT2D eigenvalue weighted by molar-refractivity contribution is 9.10. The Balaban J connectivity index is 2.29. The summed E-state index contributed by atoms with van der Waals surface area (Å²) in [7, 11) is 0. The maximum absolute atomic E-state index is 5.86. The fraction of sp³-hybridized carbons (Fsp3) is 0.100. The maximum Gasteiger partial charge on any atom is 0.200 e. The van der Waals surface area contributed by atoms with Crippen molar-refractivity contribution in [1.29, 1.82) is 0 Å². The molecule has 1 aromatic heterocycles. The second-order valence-corrected chi connectivity index (χ2v) is 4.44. The van der Waals surface area contributed by atoms with Crippen molar-refractivity contribution in [3.05, 3.63) is 45.7 Å². The van der Waals surface area contributed by atoms with E-state index in [2.05, 4.69) is 20.9 Å². The molecule has 0 radical (unpaired) electrons. The van der Waals surface area contributed by atoms with Crippen LogP contribution in [0, 0.1) is 0 Å². The number of hydrogen-bond donors (Lipinski definition) is 1. The monoisotopic (exact) mass is 285 g/mol. The third-order valence-electron chi connectivity index (χ3n) is 2.10. The van der Waals surface area contributed by atoms with Gasteiger partial charge in [-0.1, -0.05) is 33.6 Å². The topological polar surface area (TPSA) is 43.8 Å². The van der Waals surface area contributed by atoms with Gasteiger partial charge in [0.15, 0.2) is 5.95 Å². The third-order valence-corrected chi connectivity index (χ3v) is 3.08. The molecule has 1 heterocycles. The summed E-state index contributed by atoms with van der Waals surface area (Å²) in [5.41, 5.74) is 6.79. The van der Waals surface area contributed by atoms with E-state index < -0.39 is 0 Å². The Labute approximate surface area is 101 Å². The Bertz CT molecular complexity index is 481. The van der Waals surface area contributed by atoms with E-state index in [-0.39, 0.29) is 0 Å². The lowest BCUT2D eigenvalue weighted by molar-refractivity contribution is 0.807. The van der Waals surface area contributed by atoms with Gasteiger partial charge in [0, 0.05) is 21.9 Å². The Kier molecular flexibility index (Phi) is 2.98. The second kappa shape index (κ2) is 4.24. The van der Waals surface area contributed by atoms with Crippen molar-refractivity contribution in [2.24, 2.45) is 0 Å². The fourth-order valence-electron chi connectivity index (χ4n) is 1.31. The number of imidazole rings is 1. The summed E-state index contributed by atoms with van der Waals surface area (Å²) in [6.45, 7) is 0.684. The number of benzene rings is 1. The molecule has 1 aromatic carbocycles. The van der Waals surface area contributed by atoms with Gasteiger partial charge in [-0.15, -0.1) is 0 Å². The number of rotatable bonds is 2. The van der Waals surface area contributed by atoms with E-state index in [1.165, 1.54) is 0 Å². The van der Waals surface area contributed by atoms with Crippen LogP contribution in [0.2, 0.25) is 5.02 Å². The van der Waals surface area contributed by atoms with Crippen molar-refractivity contribution in [3.8, 4) is 0 Å². The van der Waals surface area contributed by atoms with E-state index in [0.29, 0.717) is 17.5 Å². The Morgan fingerprint density at radius 1 is 1.47 bits per heavy atom. The Morgan fingerprint density at radius 2 is 2.27 bits per heavy atom. The lowest BCUT2D eigenvalue weighted by Crippen LogP contribution is -2.03. The van der Waals surface area contributed by atoms with E-state index in [9.17, 15) is 0 Å². The molecule has 0 atom stereocenters. The van der Waals surface area contributed by atoms with Crippen molar-refractivity contribution in [2.45, 2.75) is 6.54 Å². The molecule has 0 aliphatic heterocycles. The SMILES string of the molecule is Nc1nccn1Cc1ccc(Cl)cc1Br. The zero-order chi connectivity index (χ0) is 10.8. The van der Waals surface area contributed by atoms with Gasteiger partial charge in [0.2, 0.25) is 0 Å². The number of anilines is 1. The highest BCUT2D eigenvalue weighted by Crippen LogP contribution is 2.22. The summed E-state index contributed by atoms with van der Waals surface area (Å²) in [4.78, 5) is 3.96. The van der Waals surface area contributed by atoms with Crippen LogP contribution in [0.3, 0.4) is 0 Å². The summed E-state index contributed by atoms with van der Waals surface area (Å²) in [6, 6.07) is 5.69. The Morgan fingerprint density at radius 3 is 2.87 bits per heavy atom. The molecule has 5 heteroatoms. The van der Waals surface area contributed by atoms with Crippen LogP contribution in [-0.2, 0) is 6.54 Å². The van der Waals surface area contributed by atoms with Crippen LogP contribution in [0.25, 0.3) is 0 Å². The average Bonchev–Trinajstić information content (AvgIpc) is 2.57. The van der Waals surface area contributed by atoms with E-state index in [0.717, 1.165) is 10.0 Å².